The molecule has 2 nitrogen and oxygen atoms in total. The molecule has 0 unspecified atom stereocenters. The summed E-state index contributed by atoms with van der Waals surface area (Å²) < 4.78 is 37.2. The highest BCUT2D eigenvalue weighted by Gasteiger charge is 2.41. The summed E-state index contributed by atoms with van der Waals surface area (Å²) in [7, 11) is 1.41. The lowest BCUT2D eigenvalue weighted by Crippen LogP contribution is -2.36. The van der Waals surface area contributed by atoms with Gasteiger partial charge in [0.15, 0.2) is 0 Å². The first-order chi connectivity index (χ1) is 7.98. The maximum Gasteiger partial charge on any atom is 0.416 e. The van der Waals surface area contributed by atoms with Crippen LogP contribution in [0.4, 0.5) is 13.2 Å². The Balaban J connectivity index is 2.23. The minimum absolute atomic E-state index is 0.557. The molecule has 0 saturated heterocycles. The van der Waals surface area contributed by atoms with Crippen molar-refractivity contribution in [3.63, 3.8) is 0 Å². The maximum atomic E-state index is 12.4. The number of alkyl halides is 3. The Hall–Kier alpha value is -1.07. The molecule has 0 N–H and O–H groups in total. The molecule has 0 radical (unpaired) electrons. The van der Waals surface area contributed by atoms with Gasteiger partial charge in [-0.15, -0.1) is 0 Å². The second kappa shape index (κ2) is 4.31. The molecule has 1 saturated carbocycles. The van der Waals surface area contributed by atoms with Crippen LogP contribution in [0.2, 0.25) is 0 Å². The lowest BCUT2D eigenvalue weighted by atomic mass is 9.75. The summed E-state index contributed by atoms with van der Waals surface area (Å²) in [6, 6.07) is 5.07. The first-order valence-electron chi connectivity index (χ1n) is 5.37. The van der Waals surface area contributed by atoms with Crippen LogP contribution in [-0.4, -0.2) is 7.11 Å². The topological polar surface area (TPSA) is 18.5 Å². The molecule has 1 aliphatic carbocycles. The monoisotopic (exact) mass is 246 g/mol. The number of hydrogen-bond donors (Lipinski definition) is 0. The fourth-order valence-corrected chi connectivity index (χ4v) is 2.04. The van der Waals surface area contributed by atoms with Crippen molar-refractivity contribution >= 4 is 0 Å². The molecule has 0 aliphatic heterocycles. The van der Waals surface area contributed by atoms with Gasteiger partial charge in [-0.25, -0.2) is 9.78 Å². The van der Waals surface area contributed by atoms with Crippen molar-refractivity contribution in [3.8, 4) is 0 Å². The van der Waals surface area contributed by atoms with Crippen LogP contribution in [-0.2, 0) is 21.6 Å². The van der Waals surface area contributed by atoms with Gasteiger partial charge in [0.2, 0.25) is 0 Å². The van der Waals surface area contributed by atoms with Crippen molar-refractivity contribution in [2.24, 2.45) is 0 Å². The fraction of sp³-hybridized carbons (Fsp3) is 0.500. The molecular weight excluding hydrogens is 233 g/mol. The molecule has 1 fully saturated rings. The second-order valence-electron chi connectivity index (χ2n) is 4.17. The lowest BCUT2D eigenvalue weighted by molar-refractivity contribution is -0.369. The molecule has 5 heteroatoms. The third-order valence-electron chi connectivity index (χ3n) is 3.14. The first-order valence-corrected chi connectivity index (χ1v) is 5.37. The van der Waals surface area contributed by atoms with E-state index in [-0.39, 0.29) is 0 Å². The van der Waals surface area contributed by atoms with Gasteiger partial charge in [0.05, 0.1) is 12.7 Å². The molecule has 0 spiro atoms. The van der Waals surface area contributed by atoms with Gasteiger partial charge in [-0.3, -0.25) is 0 Å². The number of hydrogen-bond acceptors (Lipinski definition) is 2. The summed E-state index contributed by atoms with van der Waals surface area (Å²) in [6.45, 7) is 0. The van der Waals surface area contributed by atoms with Gasteiger partial charge >= 0.3 is 6.18 Å². The summed E-state index contributed by atoms with van der Waals surface area (Å²) in [5.41, 5.74) is -0.467. The van der Waals surface area contributed by atoms with Gasteiger partial charge in [0.1, 0.15) is 5.60 Å². The van der Waals surface area contributed by atoms with E-state index < -0.39 is 17.3 Å². The van der Waals surface area contributed by atoms with Gasteiger partial charge in [-0.05, 0) is 37.0 Å². The Labute approximate surface area is 97.3 Å². The van der Waals surface area contributed by atoms with Crippen LogP contribution < -0.4 is 0 Å². The average Bonchev–Trinajstić information content (AvgIpc) is 2.22. The highest BCUT2D eigenvalue weighted by molar-refractivity contribution is 5.30. The van der Waals surface area contributed by atoms with E-state index in [9.17, 15) is 13.2 Å². The number of halogens is 3. The third-order valence-corrected chi connectivity index (χ3v) is 3.14. The number of rotatable bonds is 3. The van der Waals surface area contributed by atoms with Crippen LogP contribution in [0.5, 0.6) is 0 Å². The van der Waals surface area contributed by atoms with Crippen LogP contribution in [0.25, 0.3) is 0 Å². The fourth-order valence-electron chi connectivity index (χ4n) is 2.04. The molecule has 0 amide bonds. The lowest BCUT2D eigenvalue weighted by Gasteiger charge is -2.39. The Morgan fingerprint density at radius 3 is 2.06 bits per heavy atom. The minimum atomic E-state index is -4.30. The molecule has 17 heavy (non-hydrogen) atoms. The quantitative estimate of drug-likeness (QED) is 0.598. The largest absolute Gasteiger partial charge is 0.416 e. The molecule has 94 valence electrons. The van der Waals surface area contributed by atoms with E-state index in [1.165, 1.54) is 19.2 Å². The highest BCUT2D eigenvalue weighted by atomic mass is 19.4. The predicted octanol–water partition coefficient (Wildman–Crippen LogP) is 3.66. The summed E-state index contributed by atoms with van der Waals surface area (Å²) in [4.78, 5) is 9.87. The van der Waals surface area contributed by atoms with E-state index in [1.54, 1.807) is 0 Å². The van der Waals surface area contributed by atoms with Crippen molar-refractivity contribution in [2.75, 3.05) is 7.11 Å². The summed E-state index contributed by atoms with van der Waals surface area (Å²) in [5, 5.41) is 0. The van der Waals surface area contributed by atoms with Gasteiger partial charge in [0, 0.05) is 0 Å². The standard InChI is InChI=1S/C12H13F3O2/c1-16-17-11(7-2-8-11)9-3-5-10(6-4-9)12(13,14)15/h3-6H,2,7-8H2,1H3. The van der Waals surface area contributed by atoms with E-state index in [0.717, 1.165) is 37.0 Å². The smallest absolute Gasteiger partial charge is 0.239 e. The molecule has 2 rings (SSSR count). The van der Waals surface area contributed by atoms with Crippen molar-refractivity contribution < 1.29 is 22.9 Å². The normalized spacial score (nSPS) is 18.8. The van der Waals surface area contributed by atoms with E-state index in [0.29, 0.717) is 0 Å². The SMILES string of the molecule is COOC1(c2ccc(C(F)(F)F)cc2)CCC1. The third kappa shape index (κ3) is 2.30. The van der Waals surface area contributed by atoms with Gasteiger partial charge in [-0.1, -0.05) is 12.1 Å². The van der Waals surface area contributed by atoms with Crippen molar-refractivity contribution in [1.29, 1.82) is 0 Å². The van der Waals surface area contributed by atoms with Gasteiger partial charge < -0.3 is 0 Å². The van der Waals surface area contributed by atoms with Gasteiger partial charge in [-0.2, -0.15) is 13.2 Å². The number of benzene rings is 1. The van der Waals surface area contributed by atoms with Crippen LogP contribution in [0.15, 0.2) is 24.3 Å². The molecular formula is C12H13F3O2. The van der Waals surface area contributed by atoms with Crippen LogP contribution in [0, 0.1) is 0 Å². The minimum Gasteiger partial charge on any atom is -0.239 e. The first kappa shape index (κ1) is 12.4. The summed E-state index contributed by atoms with van der Waals surface area (Å²) >= 11 is 0. The Morgan fingerprint density at radius 2 is 1.71 bits per heavy atom. The molecule has 0 heterocycles. The zero-order chi connectivity index (χ0) is 12.5. The van der Waals surface area contributed by atoms with Crippen LogP contribution in [0.3, 0.4) is 0 Å². The molecule has 0 aromatic heterocycles. The van der Waals surface area contributed by atoms with Crippen molar-refractivity contribution in [2.45, 2.75) is 31.0 Å². The van der Waals surface area contributed by atoms with E-state index in [1.807, 2.05) is 0 Å². The Morgan fingerprint density at radius 1 is 1.12 bits per heavy atom. The molecule has 0 atom stereocenters. The Kier molecular flexibility index (Phi) is 3.14. The molecule has 1 aliphatic rings. The van der Waals surface area contributed by atoms with Crippen LogP contribution >= 0.6 is 0 Å². The highest BCUT2D eigenvalue weighted by Crippen LogP contribution is 2.45. The van der Waals surface area contributed by atoms with E-state index in [4.69, 9.17) is 4.89 Å². The predicted molar refractivity (Wildman–Crippen MR) is 55.1 cm³/mol. The van der Waals surface area contributed by atoms with E-state index in [2.05, 4.69) is 4.89 Å². The summed E-state index contributed by atoms with van der Waals surface area (Å²) in [5.74, 6) is 0. The molecule has 1 aromatic rings. The van der Waals surface area contributed by atoms with E-state index >= 15 is 0 Å². The maximum absolute atomic E-state index is 12.4. The van der Waals surface area contributed by atoms with Crippen molar-refractivity contribution in [3.05, 3.63) is 35.4 Å². The second-order valence-corrected chi connectivity index (χ2v) is 4.17. The van der Waals surface area contributed by atoms with Gasteiger partial charge in [0.25, 0.3) is 0 Å². The van der Waals surface area contributed by atoms with Crippen molar-refractivity contribution in [1.82, 2.24) is 0 Å². The average molecular weight is 246 g/mol. The zero-order valence-corrected chi connectivity index (χ0v) is 9.38. The molecule has 1 aromatic carbocycles. The zero-order valence-electron chi connectivity index (χ0n) is 9.38. The van der Waals surface area contributed by atoms with Crippen LogP contribution in [0.1, 0.15) is 30.4 Å². The molecule has 0 bridgehead atoms. The Bertz CT molecular complexity index is 380. The summed E-state index contributed by atoms with van der Waals surface area (Å²) in [6.07, 6.45) is -1.77.